The number of nitrogens with zero attached hydrogens (tertiary/aromatic N) is 1. The van der Waals surface area contributed by atoms with E-state index >= 15 is 0 Å². The zero-order valence-electron chi connectivity index (χ0n) is 15.2. The Bertz CT molecular complexity index is 546. The Morgan fingerprint density at radius 3 is 2.85 bits per heavy atom. The molecule has 1 aliphatic heterocycles. The molecular weight excluding hydrogens is 336 g/mol. The van der Waals surface area contributed by atoms with E-state index in [0.717, 1.165) is 37.7 Å². The number of nitrogens with one attached hydrogen (secondary N) is 1. The van der Waals surface area contributed by atoms with E-state index in [-0.39, 0.29) is 18.5 Å². The summed E-state index contributed by atoms with van der Waals surface area (Å²) in [6, 6.07) is 2.01. The van der Waals surface area contributed by atoms with Gasteiger partial charge in [0, 0.05) is 19.5 Å². The molecule has 146 valence electrons. The molecular formula is C19H30N2O5. The minimum Gasteiger partial charge on any atom is -0.481 e. The molecule has 1 aromatic rings. The lowest BCUT2D eigenvalue weighted by Gasteiger charge is -2.24. The second kappa shape index (κ2) is 10.9. The summed E-state index contributed by atoms with van der Waals surface area (Å²) in [7, 11) is 0. The Kier molecular flexibility index (Phi) is 8.47. The number of amides is 2. The molecule has 1 aliphatic rings. The van der Waals surface area contributed by atoms with Crippen molar-refractivity contribution < 1.29 is 24.2 Å². The largest absolute Gasteiger partial charge is 0.481 e. The Morgan fingerprint density at radius 2 is 2.12 bits per heavy atom. The number of aliphatic hydroxyl groups is 1. The van der Waals surface area contributed by atoms with Crippen LogP contribution in [0.2, 0.25) is 0 Å². The summed E-state index contributed by atoms with van der Waals surface area (Å²) < 4.78 is 5.02. The number of hydrogen-bond donors (Lipinski definition) is 3. The maximum atomic E-state index is 12.0. The third-order valence-corrected chi connectivity index (χ3v) is 4.92. The first-order valence-corrected chi connectivity index (χ1v) is 9.51. The predicted molar refractivity (Wildman–Crippen MR) is 96.9 cm³/mol. The van der Waals surface area contributed by atoms with E-state index in [9.17, 15) is 14.7 Å². The van der Waals surface area contributed by atoms with Crippen LogP contribution in [0.1, 0.15) is 56.9 Å². The van der Waals surface area contributed by atoms with Gasteiger partial charge in [0.25, 0.3) is 0 Å². The zero-order chi connectivity index (χ0) is 18.8. The number of rotatable bonds is 13. The lowest BCUT2D eigenvalue weighted by molar-refractivity contribution is -0.137. The highest BCUT2D eigenvalue weighted by Crippen LogP contribution is 2.17. The molecule has 2 heterocycles. The van der Waals surface area contributed by atoms with Crippen molar-refractivity contribution in [3.05, 3.63) is 24.2 Å². The van der Waals surface area contributed by atoms with Crippen molar-refractivity contribution in [1.82, 2.24) is 10.2 Å². The van der Waals surface area contributed by atoms with Crippen LogP contribution in [0, 0.1) is 0 Å². The maximum absolute atomic E-state index is 12.0. The van der Waals surface area contributed by atoms with Gasteiger partial charge in [0.15, 0.2) is 0 Å². The molecule has 0 aromatic carbocycles. The number of aliphatic carboxylic acids is 1. The summed E-state index contributed by atoms with van der Waals surface area (Å²) >= 11 is 0. The number of carboxylic acids is 1. The Morgan fingerprint density at radius 1 is 1.31 bits per heavy atom. The molecule has 26 heavy (non-hydrogen) atoms. The minimum atomic E-state index is -0.743. The number of aliphatic hydroxyl groups excluding tert-OH is 1. The van der Waals surface area contributed by atoms with E-state index in [4.69, 9.17) is 9.52 Å². The highest BCUT2D eigenvalue weighted by molar-refractivity contribution is 5.76. The highest BCUT2D eigenvalue weighted by Gasteiger charge is 2.30. The lowest BCUT2D eigenvalue weighted by atomic mass is 10.0. The third-order valence-electron chi connectivity index (χ3n) is 4.92. The topological polar surface area (TPSA) is 103 Å². The van der Waals surface area contributed by atoms with Gasteiger partial charge in [-0.2, -0.15) is 0 Å². The average molecular weight is 366 g/mol. The lowest BCUT2D eigenvalue weighted by Crippen LogP contribution is -2.36. The molecule has 0 bridgehead atoms. The van der Waals surface area contributed by atoms with Crippen molar-refractivity contribution in [3.8, 4) is 0 Å². The Hall–Kier alpha value is -2.02. The molecule has 0 aliphatic carbocycles. The fraction of sp³-hybridized carbons (Fsp3) is 0.684. The summed E-state index contributed by atoms with van der Waals surface area (Å²) in [6.45, 7) is 1.21. The van der Waals surface area contributed by atoms with Gasteiger partial charge in [0.1, 0.15) is 0 Å². The molecule has 1 saturated heterocycles. The fourth-order valence-electron chi connectivity index (χ4n) is 3.34. The van der Waals surface area contributed by atoms with Gasteiger partial charge in [-0.15, -0.1) is 0 Å². The number of carboxylic acid groups (broad SMARTS) is 1. The van der Waals surface area contributed by atoms with Gasteiger partial charge in [-0.1, -0.05) is 19.3 Å². The van der Waals surface area contributed by atoms with Gasteiger partial charge in [-0.05, 0) is 43.7 Å². The first-order valence-electron chi connectivity index (χ1n) is 9.51. The van der Waals surface area contributed by atoms with Crippen LogP contribution in [0.4, 0.5) is 4.79 Å². The quantitative estimate of drug-likeness (QED) is 0.466. The minimum absolute atomic E-state index is 0.0529. The molecule has 1 fully saturated rings. The molecule has 1 aromatic heterocycles. The molecule has 3 N–H and O–H groups in total. The van der Waals surface area contributed by atoms with Crippen molar-refractivity contribution in [2.75, 3.05) is 13.1 Å². The van der Waals surface area contributed by atoms with E-state index in [1.807, 2.05) is 11.0 Å². The van der Waals surface area contributed by atoms with E-state index in [1.54, 1.807) is 12.5 Å². The van der Waals surface area contributed by atoms with Crippen LogP contribution in [0.15, 0.2) is 23.0 Å². The first-order chi connectivity index (χ1) is 12.6. The van der Waals surface area contributed by atoms with Gasteiger partial charge < -0.3 is 24.8 Å². The fourth-order valence-corrected chi connectivity index (χ4v) is 3.34. The van der Waals surface area contributed by atoms with Crippen molar-refractivity contribution in [1.29, 1.82) is 0 Å². The highest BCUT2D eigenvalue weighted by atomic mass is 16.4. The van der Waals surface area contributed by atoms with E-state index < -0.39 is 12.1 Å². The Balaban J connectivity index is 1.62. The smallest absolute Gasteiger partial charge is 0.317 e. The van der Waals surface area contributed by atoms with Crippen molar-refractivity contribution >= 4 is 12.0 Å². The number of furan rings is 1. The number of aryl methyl sites for hydroxylation is 1. The summed E-state index contributed by atoms with van der Waals surface area (Å²) in [5.74, 6) is -0.743. The molecule has 7 heteroatoms. The molecule has 0 spiro atoms. The van der Waals surface area contributed by atoms with Gasteiger partial charge >= 0.3 is 12.0 Å². The molecule has 2 rings (SSSR count). The summed E-state index contributed by atoms with van der Waals surface area (Å²) in [5, 5.41) is 21.7. The second-order valence-corrected chi connectivity index (χ2v) is 6.99. The number of carbonyl (C=O) groups is 2. The van der Waals surface area contributed by atoms with Crippen molar-refractivity contribution in [3.63, 3.8) is 0 Å². The van der Waals surface area contributed by atoms with E-state index in [1.165, 1.54) is 0 Å². The standard InChI is InChI=1S/C19H30N2O5/c22-17(8-7-15-10-12-26-14-15)9-11-21-16(13-20-19(21)25)5-3-1-2-4-6-18(23)24/h10,12,14,16-17,22H,1-9,11,13H2,(H,20,25)(H,23,24). The summed E-state index contributed by atoms with van der Waals surface area (Å²) in [5.41, 5.74) is 1.07. The predicted octanol–water partition coefficient (Wildman–Crippen LogP) is 2.78. The van der Waals surface area contributed by atoms with Crippen LogP contribution in [0.5, 0.6) is 0 Å². The van der Waals surface area contributed by atoms with Gasteiger partial charge in [-0.25, -0.2) is 4.79 Å². The molecule has 0 radical (unpaired) electrons. The van der Waals surface area contributed by atoms with Crippen LogP contribution in [-0.4, -0.2) is 52.3 Å². The van der Waals surface area contributed by atoms with E-state index in [0.29, 0.717) is 32.4 Å². The summed E-state index contributed by atoms with van der Waals surface area (Å²) in [4.78, 5) is 24.3. The van der Waals surface area contributed by atoms with Crippen LogP contribution in [0.3, 0.4) is 0 Å². The van der Waals surface area contributed by atoms with E-state index in [2.05, 4.69) is 5.32 Å². The van der Waals surface area contributed by atoms with Crippen LogP contribution >= 0.6 is 0 Å². The molecule has 0 saturated carbocycles. The third kappa shape index (κ3) is 7.07. The van der Waals surface area contributed by atoms with Crippen LogP contribution in [0.25, 0.3) is 0 Å². The maximum Gasteiger partial charge on any atom is 0.317 e. The number of carbonyl (C=O) groups excluding carboxylic acids is 1. The van der Waals surface area contributed by atoms with Crippen molar-refractivity contribution in [2.45, 2.75) is 69.9 Å². The zero-order valence-corrected chi connectivity index (χ0v) is 15.2. The van der Waals surface area contributed by atoms with Crippen LogP contribution in [-0.2, 0) is 11.2 Å². The monoisotopic (exact) mass is 366 g/mol. The normalized spacial score (nSPS) is 18.1. The van der Waals surface area contributed by atoms with Gasteiger partial charge in [-0.3, -0.25) is 4.79 Å². The average Bonchev–Trinajstić information content (AvgIpc) is 3.24. The second-order valence-electron chi connectivity index (χ2n) is 6.99. The number of urea groups is 1. The van der Waals surface area contributed by atoms with Gasteiger partial charge in [0.05, 0.1) is 24.7 Å². The number of unbranched alkanes of at least 4 members (excludes halogenated alkanes) is 3. The molecule has 2 atom stereocenters. The summed E-state index contributed by atoms with van der Waals surface area (Å²) in [6.07, 6.45) is 9.61. The molecule has 7 nitrogen and oxygen atoms in total. The molecule has 2 amide bonds. The van der Waals surface area contributed by atoms with Gasteiger partial charge in [0.2, 0.25) is 0 Å². The Labute approximate surface area is 154 Å². The first kappa shape index (κ1) is 20.3. The van der Waals surface area contributed by atoms with Crippen LogP contribution < -0.4 is 5.32 Å². The van der Waals surface area contributed by atoms with Crippen molar-refractivity contribution in [2.24, 2.45) is 0 Å². The molecule has 2 unspecified atom stereocenters. The number of hydrogen-bond acceptors (Lipinski definition) is 4. The SMILES string of the molecule is O=C(O)CCCCCCC1CNC(=O)N1CCC(O)CCc1ccoc1.